The predicted molar refractivity (Wildman–Crippen MR) is 249 cm³/mol. The fourth-order valence-corrected chi connectivity index (χ4v) is 10.1. The maximum Gasteiger partial charge on any atom is 0.146 e. The zero-order valence-corrected chi connectivity index (χ0v) is 32.9. The first-order valence-corrected chi connectivity index (χ1v) is 20.9. The van der Waals surface area contributed by atoms with E-state index in [9.17, 15) is 0 Å². The van der Waals surface area contributed by atoms with E-state index in [4.69, 9.17) is 4.99 Å². The highest BCUT2D eigenvalue weighted by molar-refractivity contribution is 6.27. The van der Waals surface area contributed by atoms with Crippen LogP contribution in [0.2, 0.25) is 0 Å². The summed E-state index contributed by atoms with van der Waals surface area (Å²) in [7, 11) is 0. The Morgan fingerprint density at radius 1 is 0.593 bits per heavy atom. The van der Waals surface area contributed by atoms with Gasteiger partial charge in [-0.2, -0.15) is 0 Å². The molecule has 0 radical (unpaired) electrons. The highest BCUT2D eigenvalue weighted by Crippen LogP contribution is 2.38. The fraction of sp³-hybridized carbons (Fsp3) is 0.0893. The number of allylic oxidation sites excluding steroid dienone is 6. The van der Waals surface area contributed by atoms with Crippen LogP contribution in [0, 0.1) is 5.92 Å². The fourth-order valence-electron chi connectivity index (χ4n) is 10.1. The lowest BCUT2D eigenvalue weighted by atomic mass is 9.86. The van der Waals surface area contributed by atoms with Crippen molar-refractivity contribution in [1.29, 1.82) is 0 Å². The van der Waals surface area contributed by atoms with Crippen molar-refractivity contribution in [2.45, 2.75) is 26.2 Å². The standard InChI is InChI=1S/C56H41N3/c1-2-36-32-42-17-6-10-23-49(42)57-56(54(36)43-19-13-18-40(34-43)41-27-26-37-14-3-4-16-39(37)33-41)59-52-31-29-44(35-48(52)55-45-20-7-5-15-38(45)28-30-53(55)59)58-50-24-11-8-21-46(50)47-22-9-12-25-51(47)58/h3-27,29-31,33-35,38H,2,28,32H2,1H3. The number of hydrogen-bond donors (Lipinski definition) is 0. The third kappa shape index (κ3) is 5.31. The van der Waals surface area contributed by atoms with E-state index in [2.05, 4.69) is 204 Å². The number of nitrogens with zero attached hydrogens (tertiary/aromatic N) is 3. The second-order valence-electron chi connectivity index (χ2n) is 16.1. The summed E-state index contributed by atoms with van der Waals surface area (Å²) in [5.74, 6) is 1.32. The Morgan fingerprint density at radius 2 is 1.32 bits per heavy atom. The molecular formula is C56H41N3. The SMILES string of the molecule is CCC1=C(c2cccc(-c3ccc4ccccc4c3)c2)C(n2c3c(c4cc(-n5c6ccccc6c6ccccc65)ccc42)=C2C=CC=CC2CC=3)=Nc2ccccc2C1. The molecule has 0 N–H and O–H groups in total. The molecule has 0 fully saturated rings. The number of aromatic nitrogens is 2. The van der Waals surface area contributed by atoms with Crippen molar-refractivity contribution < 1.29 is 0 Å². The molecule has 9 aromatic rings. The second-order valence-corrected chi connectivity index (χ2v) is 16.1. The van der Waals surface area contributed by atoms with Crippen LogP contribution >= 0.6 is 0 Å². The van der Waals surface area contributed by atoms with E-state index in [1.807, 2.05) is 0 Å². The monoisotopic (exact) mass is 755 g/mol. The van der Waals surface area contributed by atoms with E-state index >= 15 is 0 Å². The molecule has 0 saturated carbocycles. The van der Waals surface area contributed by atoms with Gasteiger partial charge in [0.2, 0.25) is 0 Å². The first kappa shape index (κ1) is 33.9. The summed E-state index contributed by atoms with van der Waals surface area (Å²) in [6.45, 7) is 2.31. The summed E-state index contributed by atoms with van der Waals surface area (Å²) in [6.07, 6.45) is 14.3. The van der Waals surface area contributed by atoms with Crippen molar-refractivity contribution in [3.8, 4) is 16.8 Å². The molecule has 0 spiro atoms. The molecule has 1 aliphatic heterocycles. The summed E-state index contributed by atoms with van der Waals surface area (Å²) in [5, 5.41) is 8.82. The highest BCUT2D eigenvalue weighted by atomic mass is 15.1. The van der Waals surface area contributed by atoms with Crippen molar-refractivity contribution in [2.75, 3.05) is 0 Å². The van der Waals surface area contributed by atoms with E-state index < -0.39 is 0 Å². The molecule has 7 aromatic carbocycles. The maximum absolute atomic E-state index is 5.75. The highest BCUT2D eigenvalue weighted by Gasteiger charge is 2.28. The zero-order valence-electron chi connectivity index (χ0n) is 32.9. The Morgan fingerprint density at radius 3 is 2.17 bits per heavy atom. The number of rotatable bonds is 4. The van der Waals surface area contributed by atoms with Crippen LogP contribution in [-0.4, -0.2) is 15.0 Å². The quantitative estimate of drug-likeness (QED) is 0.171. The molecule has 0 saturated heterocycles. The Hall–Kier alpha value is -7.23. The Labute approximate surface area is 343 Å². The van der Waals surface area contributed by atoms with Gasteiger partial charge in [0.1, 0.15) is 5.84 Å². The number of para-hydroxylation sites is 3. The average Bonchev–Trinajstić information content (AvgIpc) is 3.75. The smallest absolute Gasteiger partial charge is 0.146 e. The molecule has 0 bridgehead atoms. The van der Waals surface area contributed by atoms with Gasteiger partial charge in [0, 0.05) is 38.6 Å². The molecule has 2 aliphatic carbocycles. The van der Waals surface area contributed by atoms with Gasteiger partial charge < -0.3 is 4.57 Å². The minimum atomic E-state index is 0.333. The van der Waals surface area contributed by atoms with Crippen molar-refractivity contribution in [3.05, 3.63) is 209 Å². The molecule has 2 aromatic heterocycles. The summed E-state index contributed by atoms with van der Waals surface area (Å²) < 4.78 is 4.95. The van der Waals surface area contributed by atoms with Crippen LogP contribution in [0.3, 0.4) is 0 Å². The molecule has 12 rings (SSSR count). The van der Waals surface area contributed by atoms with Crippen LogP contribution in [0.4, 0.5) is 5.69 Å². The van der Waals surface area contributed by atoms with Crippen molar-refractivity contribution in [2.24, 2.45) is 10.9 Å². The lowest BCUT2D eigenvalue weighted by Gasteiger charge is -2.21. The van der Waals surface area contributed by atoms with Crippen LogP contribution in [0.5, 0.6) is 0 Å². The van der Waals surface area contributed by atoms with Crippen LogP contribution in [0.15, 0.2) is 193 Å². The number of hydrogen-bond acceptors (Lipinski definition) is 1. The number of fused-ring (bicyclic) bond motifs is 9. The normalized spacial score (nSPS) is 16.0. The molecule has 1 unspecified atom stereocenters. The largest absolute Gasteiger partial charge is 0.309 e. The number of benzene rings is 7. The van der Waals surface area contributed by atoms with Crippen molar-refractivity contribution in [3.63, 3.8) is 0 Å². The van der Waals surface area contributed by atoms with Crippen LogP contribution in [0.25, 0.3) is 77.5 Å². The predicted octanol–water partition coefficient (Wildman–Crippen LogP) is 12.6. The summed E-state index contributed by atoms with van der Waals surface area (Å²) in [4.78, 5) is 5.75. The topological polar surface area (TPSA) is 22.2 Å². The molecule has 280 valence electrons. The van der Waals surface area contributed by atoms with E-state index in [0.717, 1.165) is 36.5 Å². The van der Waals surface area contributed by atoms with Gasteiger partial charge in [-0.05, 0) is 106 Å². The first-order chi connectivity index (χ1) is 29.2. The van der Waals surface area contributed by atoms with Crippen molar-refractivity contribution >= 4 is 72.2 Å². The van der Waals surface area contributed by atoms with Gasteiger partial charge in [-0.3, -0.25) is 4.57 Å². The Kier molecular flexibility index (Phi) is 7.71. The summed E-state index contributed by atoms with van der Waals surface area (Å²) >= 11 is 0. The minimum Gasteiger partial charge on any atom is -0.309 e. The van der Waals surface area contributed by atoms with Gasteiger partial charge in [-0.15, -0.1) is 0 Å². The van der Waals surface area contributed by atoms with E-state index in [-0.39, 0.29) is 0 Å². The lowest BCUT2D eigenvalue weighted by molar-refractivity contribution is 0.857. The molecule has 59 heavy (non-hydrogen) atoms. The molecule has 3 heteroatoms. The third-order valence-electron chi connectivity index (χ3n) is 12.9. The van der Waals surface area contributed by atoms with E-state index in [0.29, 0.717) is 5.92 Å². The molecule has 3 heterocycles. The van der Waals surface area contributed by atoms with Gasteiger partial charge >= 0.3 is 0 Å². The van der Waals surface area contributed by atoms with Crippen LogP contribution in [0.1, 0.15) is 30.9 Å². The van der Waals surface area contributed by atoms with Gasteiger partial charge in [0.25, 0.3) is 0 Å². The summed E-state index contributed by atoms with van der Waals surface area (Å²) in [6, 6.07) is 58.0. The minimum absolute atomic E-state index is 0.333. The van der Waals surface area contributed by atoms with Gasteiger partial charge in [-0.1, -0.05) is 152 Å². The zero-order chi connectivity index (χ0) is 39.0. The maximum atomic E-state index is 5.75. The summed E-state index contributed by atoms with van der Waals surface area (Å²) in [5.41, 5.74) is 14.7. The Bertz CT molecular complexity index is 3440. The number of aliphatic imine (C=N–C) groups is 1. The third-order valence-corrected chi connectivity index (χ3v) is 12.9. The lowest BCUT2D eigenvalue weighted by Crippen LogP contribution is -2.38. The Balaban J connectivity index is 1.15. The van der Waals surface area contributed by atoms with Crippen molar-refractivity contribution in [1.82, 2.24) is 9.13 Å². The molecule has 3 aliphatic rings. The van der Waals surface area contributed by atoms with Gasteiger partial charge in [0.15, 0.2) is 0 Å². The molecular weight excluding hydrogens is 715 g/mol. The van der Waals surface area contributed by atoms with Gasteiger partial charge in [-0.25, -0.2) is 4.99 Å². The second kappa shape index (κ2) is 13.4. The van der Waals surface area contributed by atoms with Gasteiger partial charge in [0.05, 0.1) is 27.6 Å². The average molecular weight is 756 g/mol. The van der Waals surface area contributed by atoms with Crippen LogP contribution < -0.4 is 10.6 Å². The van der Waals surface area contributed by atoms with E-state index in [1.165, 1.54) is 93.0 Å². The molecule has 3 nitrogen and oxygen atoms in total. The molecule has 1 atom stereocenters. The van der Waals surface area contributed by atoms with Crippen LogP contribution in [-0.2, 0) is 6.42 Å². The first-order valence-electron chi connectivity index (χ1n) is 20.9. The van der Waals surface area contributed by atoms with E-state index in [1.54, 1.807) is 0 Å². The molecule has 0 amide bonds.